The molecule has 0 saturated heterocycles. The van der Waals surface area contributed by atoms with Crippen LogP contribution in [0.4, 0.5) is 5.69 Å². The molecular formula is C19H20ClN3O3S. The van der Waals surface area contributed by atoms with Crippen molar-refractivity contribution in [2.45, 2.75) is 6.42 Å². The van der Waals surface area contributed by atoms with E-state index < -0.39 is 5.91 Å². The molecule has 2 rings (SSSR count). The van der Waals surface area contributed by atoms with E-state index in [0.29, 0.717) is 35.0 Å². The number of benzene rings is 2. The first-order valence-electron chi connectivity index (χ1n) is 8.25. The topological polar surface area (TPSA) is 79.5 Å². The standard InChI is InChI=1S/C19H20ClN3O3S/c1-26-11-5-10-21-17(24)13-6-4-7-14(12-13)22-19(27)23-18(25)15-8-2-3-9-16(15)20/h2-4,6-9,12H,5,10-11H2,1H3,(H,21,24)(H2,22,23,25,27). The van der Waals surface area contributed by atoms with Crippen molar-refractivity contribution < 1.29 is 14.3 Å². The molecule has 0 unspecified atom stereocenters. The second-order valence-corrected chi connectivity index (χ2v) is 6.39. The highest BCUT2D eigenvalue weighted by molar-refractivity contribution is 7.80. The molecule has 8 heteroatoms. The molecule has 0 radical (unpaired) electrons. The van der Waals surface area contributed by atoms with Crippen molar-refractivity contribution in [2.24, 2.45) is 0 Å². The van der Waals surface area contributed by atoms with E-state index in [9.17, 15) is 9.59 Å². The predicted molar refractivity (Wildman–Crippen MR) is 110 cm³/mol. The van der Waals surface area contributed by atoms with Crippen molar-refractivity contribution in [3.63, 3.8) is 0 Å². The largest absolute Gasteiger partial charge is 0.385 e. The second kappa shape index (κ2) is 10.6. The number of rotatable bonds is 7. The van der Waals surface area contributed by atoms with Gasteiger partial charge in [0.2, 0.25) is 0 Å². The van der Waals surface area contributed by atoms with Gasteiger partial charge >= 0.3 is 0 Å². The summed E-state index contributed by atoms with van der Waals surface area (Å²) in [5.41, 5.74) is 1.40. The minimum Gasteiger partial charge on any atom is -0.385 e. The fourth-order valence-corrected chi connectivity index (χ4v) is 2.67. The molecule has 0 aromatic heterocycles. The summed E-state index contributed by atoms with van der Waals surface area (Å²) in [6.45, 7) is 1.11. The van der Waals surface area contributed by atoms with E-state index in [1.165, 1.54) is 0 Å². The summed E-state index contributed by atoms with van der Waals surface area (Å²) in [4.78, 5) is 24.4. The van der Waals surface area contributed by atoms with E-state index in [1.54, 1.807) is 55.6 Å². The quantitative estimate of drug-likeness (QED) is 0.487. The molecule has 0 saturated carbocycles. The van der Waals surface area contributed by atoms with Crippen molar-refractivity contribution in [2.75, 3.05) is 25.6 Å². The third-order valence-electron chi connectivity index (χ3n) is 3.54. The minimum atomic E-state index is -0.412. The van der Waals surface area contributed by atoms with E-state index in [4.69, 9.17) is 28.6 Å². The average Bonchev–Trinajstić information content (AvgIpc) is 2.65. The second-order valence-electron chi connectivity index (χ2n) is 5.57. The average molecular weight is 406 g/mol. The number of amides is 2. The highest BCUT2D eigenvalue weighted by Gasteiger charge is 2.12. The zero-order chi connectivity index (χ0) is 19.6. The molecule has 142 valence electrons. The Morgan fingerprint density at radius 1 is 1.11 bits per heavy atom. The van der Waals surface area contributed by atoms with Gasteiger partial charge in [0.05, 0.1) is 10.6 Å². The molecule has 0 fully saturated rings. The lowest BCUT2D eigenvalue weighted by atomic mass is 10.2. The Labute approximate surface area is 168 Å². The fourth-order valence-electron chi connectivity index (χ4n) is 2.24. The summed E-state index contributed by atoms with van der Waals surface area (Å²) in [6.07, 6.45) is 0.734. The number of halogens is 1. The lowest BCUT2D eigenvalue weighted by Crippen LogP contribution is -2.34. The SMILES string of the molecule is COCCCNC(=O)c1cccc(NC(=S)NC(=O)c2ccccc2Cl)c1. The first-order chi connectivity index (χ1) is 13.0. The van der Waals surface area contributed by atoms with Crippen LogP contribution in [0, 0.1) is 0 Å². The van der Waals surface area contributed by atoms with Crippen molar-refractivity contribution in [1.82, 2.24) is 10.6 Å². The Kier molecular flexibility index (Phi) is 8.19. The van der Waals surface area contributed by atoms with Gasteiger partial charge in [-0.15, -0.1) is 0 Å². The highest BCUT2D eigenvalue weighted by Crippen LogP contribution is 2.15. The van der Waals surface area contributed by atoms with Crippen molar-refractivity contribution in [1.29, 1.82) is 0 Å². The molecule has 0 aliphatic rings. The van der Waals surface area contributed by atoms with Crippen LogP contribution in [-0.2, 0) is 4.74 Å². The van der Waals surface area contributed by atoms with Gasteiger partial charge < -0.3 is 15.4 Å². The zero-order valence-electron chi connectivity index (χ0n) is 14.8. The number of carbonyl (C=O) groups is 2. The Bertz CT molecular complexity index is 829. The molecule has 0 spiro atoms. The highest BCUT2D eigenvalue weighted by atomic mass is 35.5. The molecule has 2 aromatic rings. The van der Waals surface area contributed by atoms with Crippen molar-refractivity contribution in [3.05, 3.63) is 64.7 Å². The van der Waals surface area contributed by atoms with Crippen LogP contribution in [0.1, 0.15) is 27.1 Å². The van der Waals surface area contributed by atoms with Crippen LogP contribution in [0.3, 0.4) is 0 Å². The molecule has 3 N–H and O–H groups in total. The van der Waals surface area contributed by atoms with Crippen LogP contribution in [0.2, 0.25) is 5.02 Å². The molecule has 0 aliphatic heterocycles. The first kappa shape index (κ1) is 20.8. The Hall–Kier alpha value is -2.48. The van der Waals surface area contributed by atoms with E-state index >= 15 is 0 Å². The van der Waals surface area contributed by atoms with Gasteiger partial charge in [-0.3, -0.25) is 14.9 Å². The molecule has 0 heterocycles. The number of anilines is 1. The fraction of sp³-hybridized carbons (Fsp3) is 0.211. The number of ether oxygens (including phenoxy) is 1. The van der Waals surface area contributed by atoms with Gasteiger partial charge in [-0.05, 0) is 49.0 Å². The van der Waals surface area contributed by atoms with Crippen LogP contribution in [0.5, 0.6) is 0 Å². The van der Waals surface area contributed by atoms with E-state index in [1.807, 2.05) is 0 Å². The van der Waals surface area contributed by atoms with Crippen molar-refractivity contribution in [3.8, 4) is 0 Å². The molecule has 27 heavy (non-hydrogen) atoms. The van der Waals surface area contributed by atoms with Crippen LogP contribution in [0.25, 0.3) is 0 Å². The molecule has 0 aliphatic carbocycles. The number of nitrogens with one attached hydrogen (secondary N) is 3. The van der Waals surface area contributed by atoms with Gasteiger partial charge in [-0.2, -0.15) is 0 Å². The number of methoxy groups -OCH3 is 1. The molecule has 2 amide bonds. The Morgan fingerprint density at radius 3 is 2.63 bits per heavy atom. The summed E-state index contributed by atoms with van der Waals surface area (Å²) in [5.74, 6) is -0.606. The smallest absolute Gasteiger partial charge is 0.258 e. The maximum atomic E-state index is 12.2. The summed E-state index contributed by atoms with van der Waals surface area (Å²) >= 11 is 11.2. The van der Waals surface area contributed by atoms with Gasteiger partial charge in [-0.25, -0.2) is 0 Å². The normalized spacial score (nSPS) is 10.1. The summed E-state index contributed by atoms with van der Waals surface area (Å²) in [7, 11) is 1.62. The van der Waals surface area contributed by atoms with E-state index in [0.717, 1.165) is 6.42 Å². The summed E-state index contributed by atoms with van der Waals surface area (Å²) in [6, 6.07) is 13.5. The van der Waals surface area contributed by atoms with Gasteiger partial charge in [-0.1, -0.05) is 29.8 Å². The Morgan fingerprint density at radius 2 is 1.89 bits per heavy atom. The lowest BCUT2D eigenvalue weighted by molar-refractivity contribution is 0.0946. The lowest BCUT2D eigenvalue weighted by Gasteiger charge is -2.11. The number of hydrogen-bond acceptors (Lipinski definition) is 4. The number of thiocarbonyl (C=S) groups is 1. The summed E-state index contributed by atoms with van der Waals surface area (Å²) in [5, 5.41) is 8.71. The van der Waals surface area contributed by atoms with Crippen LogP contribution >= 0.6 is 23.8 Å². The summed E-state index contributed by atoms with van der Waals surface area (Å²) < 4.78 is 4.94. The van der Waals surface area contributed by atoms with Gasteiger partial charge in [0, 0.05) is 31.5 Å². The predicted octanol–water partition coefficient (Wildman–Crippen LogP) is 3.23. The minimum absolute atomic E-state index is 0.109. The number of hydrogen-bond donors (Lipinski definition) is 3. The molecule has 0 bridgehead atoms. The monoisotopic (exact) mass is 405 g/mol. The van der Waals surface area contributed by atoms with Gasteiger partial charge in [0.15, 0.2) is 5.11 Å². The zero-order valence-corrected chi connectivity index (χ0v) is 16.3. The maximum Gasteiger partial charge on any atom is 0.258 e. The van der Waals surface area contributed by atoms with Crippen LogP contribution in [0.15, 0.2) is 48.5 Å². The van der Waals surface area contributed by atoms with E-state index in [-0.39, 0.29) is 11.0 Å². The third kappa shape index (κ3) is 6.63. The Balaban J connectivity index is 1.93. The third-order valence-corrected chi connectivity index (χ3v) is 4.07. The molecule has 2 aromatic carbocycles. The first-order valence-corrected chi connectivity index (χ1v) is 9.04. The number of carbonyl (C=O) groups excluding carboxylic acids is 2. The van der Waals surface area contributed by atoms with E-state index in [2.05, 4.69) is 16.0 Å². The van der Waals surface area contributed by atoms with Crippen LogP contribution in [-0.4, -0.2) is 37.2 Å². The maximum absolute atomic E-state index is 12.2. The van der Waals surface area contributed by atoms with Gasteiger partial charge in [0.25, 0.3) is 11.8 Å². The van der Waals surface area contributed by atoms with Crippen LogP contribution < -0.4 is 16.0 Å². The molecular weight excluding hydrogens is 386 g/mol. The van der Waals surface area contributed by atoms with Crippen molar-refractivity contribution >= 4 is 46.4 Å². The molecule has 6 nitrogen and oxygen atoms in total. The van der Waals surface area contributed by atoms with Gasteiger partial charge in [0.1, 0.15) is 0 Å². The molecule has 0 atom stereocenters.